The molecule has 63 heavy (non-hydrogen) atoms. The fourth-order valence-electron chi connectivity index (χ4n) is 9.66. The molecule has 0 spiro atoms. The molecule has 3 saturated heterocycles. The summed E-state index contributed by atoms with van der Waals surface area (Å²) in [7, 11) is 1.83. The van der Waals surface area contributed by atoms with Crippen molar-refractivity contribution in [3.63, 3.8) is 0 Å². The van der Waals surface area contributed by atoms with Gasteiger partial charge in [0.25, 0.3) is 11.8 Å². The van der Waals surface area contributed by atoms with E-state index in [4.69, 9.17) is 21.7 Å². The van der Waals surface area contributed by atoms with Gasteiger partial charge in [-0.3, -0.25) is 34.5 Å². The molecule has 0 bridgehead atoms. The van der Waals surface area contributed by atoms with Crippen LogP contribution in [0.2, 0.25) is 5.02 Å². The van der Waals surface area contributed by atoms with E-state index < -0.39 is 17.8 Å². The van der Waals surface area contributed by atoms with Gasteiger partial charge in [-0.05, 0) is 79.6 Å². The second kappa shape index (κ2) is 16.8. The highest BCUT2D eigenvalue weighted by molar-refractivity contribution is 6.32. The molecule has 3 N–H and O–H groups in total. The molecule has 10 rings (SSSR count). The number of imide groups is 1. The number of nitrogens with zero attached hydrogens (tertiary/aromatic N) is 8. The minimum atomic E-state index is -2.83. The number of halogens is 3. The van der Waals surface area contributed by atoms with Crippen molar-refractivity contribution in [3.05, 3.63) is 94.4 Å². The zero-order valence-electron chi connectivity index (χ0n) is 35.1. The SMILES string of the molecule is CNc1cc(N2CCc3c(-c4ccc(CN5CCC(CN6CCN(c7ccc(C8CCC(=O)NC8=O)c(Cl)c7)CC6)C(F)(F)C5)cn4)cccc32)nn2c(C(=O)NC3CC3)cnc12. The summed E-state index contributed by atoms with van der Waals surface area (Å²) in [5.74, 6) is -4.06. The summed E-state index contributed by atoms with van der Waals surface area (Å²) in [6.07, 6.45) is 7.27. The predicted molar refractivity (Wildman–Crippen MR) is 237 cm³/mol. The summed E-state index contributed by atoms with van der Waals surface area (Å²) in [6, 6.07) is 18.0. The smallest absolute Gasteiger partial charge is 0.271 e. The minimum absolute atomic E-state index is 0.182. The molecule has 2 atom stereocenters. The lowest BCUT2D eigenvalue weighted by molar-refractivity contribution is -0.134. The van der Waals surface area contributed by atoms with Crippen LogP contribution >= 0.6 is 11.6 Å². The Balaban J connectivity index is 0.744. The molecule has 1 saturated carbocycles. The van der Waals surface area contributed by atoms with E-state index in [2.05, 4.69) is 47.8 Å². The molecule has 0 radical (unpaired) electrons. The number of anilines is 4. The number of carbonyl (C=O) groups excluding carboxylic acids is 3. The second-order valence-corrected chi connectivity index (χ2v) is 17.9. The Kier molecular flexibility index (Phi) is 11.0. The zero-order chi connectivity index (χ0) is 43.4. The van der Waals surface area contributed by atoms with Gasteiger partial charge in [-0.1, -0.05) is 35.9 Å². The number of hydrogen-bond acceptors (Lipinski definition) is 11. The first-order valence-corrected chi connectivity index (χ1v) is 22.3. The number of benzene rings is 2. The third-order valence-corrected chi connectivity index (χ3v) is 13.6. The van der Waals surface area contributed by atoms with E-state index in [1.54, 1.807) is 10.7 Å². The van der Waals surface area contributed by atoms with Crippen molar-refractivity contribution in [1.29, 1.82) is 0 Å². The van der Waals surface area contributed by atoms with Crippen LogP contribution in [0.1, 0.15) is 65.2 Å². The first kappa shape index (κ1) is 41.3. The number of fused-ring (bicyclic) bond motifs is 2. The van der Waals surface area contributed by atoms with Gasteiger partial charge in [-0.25, -0.2) is 18.3 Å². The van der Waals surface area contributed by atoms with E-state index in [-0.39, 0.29) is 36.7 Å². The van der Waals surface area contributed by atoms with Crippen molar-refractivity contribution in [1.82, 2.24) is 40.0 Å². The Bertz CT molecular complexity index is 2580. The average molecular weight is 878 g/mol. The van der Waals surface area contributed by atoms with Crippen LogP contribution in [0, 0.1) is 5.92 Å². The van der Waals surface area contributed by atoms with E-state index in [0.717, 1.165) is 58.7 Å². The summed E-state index contributed by atoms with van der Waals surface area (Å²) in [5, 5.41) is 14.0. The van der Waals surface area contributed by atoms with Crippen LogP contribution in [0.15, 0.2) is 67.0 Å². The lowest BCUT2D eigenvalue weighted by atomic mass is 9.90. The molecule has 3 aromatic heterocycles. The van der Waals surface area contributed by atoms with Gasteiger partial charge >= 0.3 is 0 Å². The molecule has 5 aromatic rings. The van der Waals surface area contributed by atoms with Gasteiger partial charge in [0, 0.05) is 105 Å². The van der Waals surface area contributed by atoms with Crippen LogP contribution in [0.5, 0.6) is 0 Å². The van der Waals surface area contributed by atoms with E-state index in [9.17, 15) is 14.4 Å². The quantitative estimate of drug-likeness (QED) is 0.137. The monoisotopic (exact) mass is 877 g/mol. The predicted octanol–water partition coefficient (Wildman–Crippen LogP) is 5.87. The molecule has 17 heteroatoms. The van der Waals surface area contributed by atoms with Gasteiger partial charge in [0.05, 0.1) is 30.0 Å². The van der Waals surface area contributed by atoms with Gasteiger partial charge in [-0.15, -0.1) is 5.10 Å². The molecule has 328 valence electrons. The summed E-state index contributed by atoms with van der Waals surface area (Å²) < 4.78 is 33.2. The number of likely N-dealkylation sites (tertiary alicyclic amines) is 1. The Morgan fingerprint density at radius 3 is 2.49 bits per heavy atom. The highest BCUT2D eigenvalue weighted by atomic mass is 35.5. The maximum atomic E-state index is 15.8. The van der Waals surface area contributed by atoms with Crippen molar-refractivity contribution in [3.8, 4) is 11.3 Å². The molecular weight excluding hydrogens is 828 g/mol. The molecule has 4 aliphatic heterocycles. The molecule has 5 aliphatic rings. The van der Waals surface area contributed by atoms with Gasteiger partial charge in [0.2, 0.25) is 11.8 Å². The summed E-state index contributed by atoms with van der Waals surface area (Å²) in [6.45, 7) is 4.45. The number of piperidine rings is 2. The number of carbonyl (C=O) groups is 3. The molecule has 2 aromatic carbocycles. The van der Waals surface area contributed by atoms with E-state index in [1.165, 1.54) is 0 Å². The Labute approximate surface area is 369 Å². The van der Waals surface area contributed by atoms with Crippen LogP contribution in [-0.4, -0.2) is 118 Å². The average Bonchev–Trinajstić information content (AvgIpc) is 3.80. The van der Waals surface area contributed by atoms with Gasteiger partial charge < -0.3 is 20.4 Å². The fourth-order valence-corrected chi connectivity index (χ4v) is 9.97. The maximum Gasteiger partial charge on any atom is 0.271 e. The largest absolute Gasteiger partial charge is 0.385 e. The minimum Gasteiger partial charge on any atom is -0.385 e. The van der Waals surface area contributed by atoms with E-state index in [1.807, 2.05) is 60.6 Å². The molecular formula is C46H50ClF2N11O3. The Morgan fingerprint density at radius 1 is 0.921 bits per heavy atom. The number of imidazole rings is 1. The number of pyridine rings is 1. The van der Waals surface area contributed by atoms with Crippen LogP contribution in [0.3, 0.4) is 0 Å². The lowest BCUT2D eigenvalue weighted by Gasteiger charge is -2.42. The fraction of sp³-hybridized carbons (Fsp3) is 0.435. The van der Waals surface area contributed by atoms with Gasteiger partial charge in [-0.2, -0.15) is 0 Å². The molecule has 7 heterocycles. The first-order valence-electron chi connectivity index (χ1n) is 21.9. The second-order valence-electron chi connectivity index (χ2n) is 17.5. The molecule has 14 nitrogen and oxygen atoms in total. The molecule has 1 aliphatic carbocycles. The topological polar surface area (TPSA) is 143 Å². The molecule has 2 unspecified atom stereocenters. The van der Waals surface area contributed by atoms with Crippen LogP contribution in [-0.2, 0) is 22.6 Å². The summed E-state index contributed by atoms with van der Waals surface area (Å²) in [5.41, 5.74) is 8.29. The number of alkyl halides is 2. The van der Waals surface area contributed by atoms with Gasteiger partial charge in [0.1, 0.15) is 0 Å². The summed E-state index contributed by atoms with van der Waals surface area (Å²) >= 11 is 6.64. The number of hydrogen-bond donors (Lipinski definition) is 3. The number of aromatic nitrogens is 4. The van der Waals surface area contributed by atoms with Crippen molar-refractivity contribution in [2.75, 3.05) is 74.5 Å². The van der Waals surface area contributed by atoms with Crippen molar-refractivity contribution in [2.24, 2.45) is 5.92 Å². The third kappa shape index (κ3) is 8.31. The normalized spacial score (nSPS) is 21.7. The Morgan fingerprint density at radius 2 is 1.76 bits per heavy atom. The highest BCUT2D eigenvalue weighted by Crippen LogP contribution is 2.41. The standard InChI is InChI=1S/C46H50ClF2N11O3/c1-50-38-22-41(55-60-40(24-52-43(38)60)45(63)53-30-6-7-30)59-16-14-34-33(3-2-4-39(34)59)37-11-5-28(23-51-37)25-57-15-13-29(46(48,49)27-57)26-56-17-19-58(20-18-56)31-8-9-32(36(47)21-31)35-10-12-42(61)54-44(35)62/h2-5,8-9,11,21-24,29-30,35,50H,6-7,10,12-20,25-27H2,1H3,(H,53,63)(H,54,61,62). The van der Waals surface area contributed by atoms with Crippen LogP contribution in [0.4, 0.5) is 31.7 Å². The van der Waals surface area contributed by atoms with Crippen LogP contribution < -0.4 is 25.8 Å². The molecule has 3 amide bonds. The van der Waals surface area contributed by atoms with Gasteiger partial charge in [0.15, 0.2) is 17.2 Å². The number of nitrogens with one attached hydrogen (secondary N) is 3. The van der Waals surface area contributed by atoms with E-state index in [0.29, 0.717) is 92.9 Å². The Hall–Kier alpha value is -5.71. The third-order valence-electron chi connectivity index (χ3n) is 13.3. The van der Waals surface area contributed by atoms with E-state index >= 15 is 8.78 Å². The van der Waals surface area contributed by atoms with Crippen molar-refractivity contribution in [2.45, 2.75) is 63.0 Å². The van der Waals surface area contributed by atoms with Crippen molar-refractivity contribution < 1.29 is 23.2 Å². The van der Waals surface area contributed by atoms with Crippen molar-refractivity contribution >= 4 is 57.8 Å². The highest BCUT2D eigenvalue weighted by Gasteiger charge is 2.45. The van der Waals surface area contributed by atoms with Crippen LogP contribution in [0.25, 0.3) is 16.9 Å². The maximum absolute atomic E-state index is 15.8. The summed E-state index contributed by atoms with van der Waals surface area (Å²) in [4.78, 5) is 54.7. The zero-order valence-corrected chi connectivity index (χ0v) is 35.9. The number of amides is 3. The number of piperazine rings is 1. The number of rotatable bonds is 11. The first-order chi connectivity index (χ1) is 30.5. The lowest BCUT2D eigenvalue weighted by Crippen LogP contribution is -2.54. The molecule has 4 fully saturated rings.